The molecule has 2 aliphatic carbocycles. The lowest BCUT2D eigenvalue weighted by Crippen LogP contribution is -2.28. The number of rotatable bonds is 12. The topological polar surface area (TPSA) is 57.5 Å². The monoisotopic (exact) mass is 468 g/mol. The molecule has 2 fully saturated rings. The minimum atomic E-state index is -0.841. The van der Waals surface area contributed by atoms with Crippen molar-refractivity contribution in [1.29, 1.82) is 0 Å². The maximum Gasteiger partial charge on any atom is 0.345 e. The Bertz CT molecular complexity index is 682. The van der Waals surface area contributed by atoms with E-state index in [-0.39, 0.29) is 11.5 Å². The van der Waals surface area contributed by atoms with Crippen LogP contribution in [0.5, 0.6) is 0 Å². The third-order valence-electron chi connectivity index (χ3n) is 8.04. The Kier molecular flexibility index (Phi) is 9.73. The number of carboxylic acids is 1. The van der Waals surface area contributed by atoms with Crippen LogP contribution in [0.4, 0.5) is 0 Å². The molecule has 0 spiro atoms. The second-order valence-electron chi connectivity index (χ2n) is 10.2. The molecule has 2 N–H and O–H groups in total. The smallest absolute Gasteiger partial charge is 0.345 e. The molecule has 1 aromatic rings. The van der Waals surface area contributed by atoms with Crippen molar-refractivity contribution in [3.8, 4) is 0 Å². The Morgan fingerprint density at radius 2 is 1.87 bits per heavy atom. The average Bonchev–Trinajstić information content (AvgIpc) is 3.32. The zero-order valence-corrected chi connectivity index (χ0v) is 20.7. The molecule has 0 radical (unpaired) electrons. The summed E-state index contributed by atoms with van der Waals surface area (Å²) < 4.78 is 0. The zero-order valence-electron chi connectivity index (χ0n) is 19.2. The fraction of sp³-hybridized carbons (Fsp3) is 0.808. The molecular weight excluding hydrogens is 428 g/mol. The molecule has 2 saturated carbocycles. The van der Waals surface area contributed by atoms with Gasteiger partial charge in [-0.3, -0.25) is 0 Å². The summed E-state index contributed by atoms with van der Waals surface area (Å²) in [6.07, 6.45) is 18.0. The maximum absolute atomic E-state index is 11.1. The minimum Gasteiger partial charge on any atom is -0.477 e. The number of unbranched alkanes of at least 4 members (excludes halogenated alkanes) is 2. The predicted octanol–water partition coefficient (Wildman–Crippen LogP) is 7.68. The van der Waals surface area contributed by atoms with Gasteiger partial charge in [0.25, 0.3) is 0 Å². The number of alkyl halides is 1. The third-order valence-corrected chi connectivity index (χ3v) is 9.68. The number of thiophene rings is 1. The summed E-state index contributed by atoms with van der Waals surface area (Å²) in [6.45, 7) is 2.28. The molecule has 0 bridgehead atoms. The number of aliphatic hydroxyl groups excluding tert-OH is 1. The first-order valence-electron chi connectivity index (χ1n) is 12.6. The van der Waals surface area contributed by atoms with E-state index in [1.54, 1.807) is 6.07 Å². The van der Waals surface area contributed by atoms with Gasteiger partial charge < -0.3 is 10.2 Å². The van der Waals surface area contributed by atoms with Gasteiger partial charge in [0, 0.05) is 10.3 Å². The highest BCUT2D eigenvalue weighted by Crippen LogP contribution is 2.48. The molecule has 0 aliphatic heterocycles. The molecule has 2 unspecified atom stereocenters. The summed E-state index contributed by atoms with van der Waals surface area (Å²) in [5, 5.41) is 20.0. The van der Waals surface area contributed by atoms with Crippen molar-refractivity contribution in [1.82, 2.24) is 0 Å². The number of hydrogen-bond acceptors (Lipinski definition) is 3. The van der Waals surface area contributed by atoms with Crippen molar-refractivity contribution in [3.05, 3.63) is 21.9 Å². The first-order valence-corrected chi connectivity index (χ1v) is 13.8. The van der Waals surface area contributed by atoms with Crippen molar-refractivity contribution in [2.75, 3.05) is 0 Å². The summed E-state index contributed by atoms with van der Waals surface area (Å²) in [4.78, 5) is 12.6. The quantitative estimate of drug-likeness (QED) is 0.244. The van der Waals surface area contributed by atoms with Crippen molar-refractivity contribution in [2.45, 2.75) is 115 Å². The summed E-state index contributed by atoms with van der Waals surface area (Å²) in [5.41, 5.74) is 0.506. The van der Waals surface area contributed by atoms with Crippen molar-refractivity contribution >= 4 is 28.9 Å². The fourth-order valence-corrected chi connectivity index (χ4v) is 7.61. The fourth-order valence-electron chi connectivity index (χ4n) is 6.22. The van der Waals surface area contributed by atoms with Gasteiger partial charge in [0.15, 0.2) is 0 Å². The third kappa shape index (κ3) is 6.95. The van der Waals surface area contributed by atoms with E-state index in [0.29, 0.717) is 22.1 Å². The van der Waals surface area contributed by atoms with Gasteiger partial charge in [0.05, 0.1) is 6.10 Å². The number of carboxylic acid groups (broad SMARTS) is 1. The van der Waals surface area contributed by atoms with Crippen LogP contribution in [0.25, 0.3) is 0 Å². The van der Waals surface area contributed by atoms with Gasteiger partial charge in [-0.05, 0) is 87.2 Å². The first kappa shape index (κ1) is 25.1. The van der Waals surface area contributed by atoms with Crippen LogP contribution in [-0.2, 0) is 6.42 Å². The molecule has 0 aromatic carbocycles. The Labute approximate surface area is 197 Å². The summed E-state index contributed by atoms with van der Waals surface area (Å²) in [6, 6.07) is 3.65. The normalized spacial score (nSPS) is 28.1. The highest BCUT2D eigenvalue weighted by atomic mass is 35.5. The highest BCUT2D eigenvalue weighted by molar-refractivity contribution is 7.13. The summed E-state index contributed by atoms with van der Waals surface area (Å²) >= 11 is 8.10. The molecule has 0 saturated heterocycles. The predicted molar refractivity (Wildman–Crippen MR) is 130 cm³/mol. The Morgan fingerprint density at radius 3 is 2.55 bits per heavy atom. The molecule has 176 valence electrons. The van der Waals surface area contributed by atoms with E-state index in [0.717, 1.165) is 37.0 Å². The van der Waals surface area contributed by atoms with E-state index in [1.165, 1.54) is 75.5 Å². The number of hydrogen-bond donors (Lipinski definition) is 2. The Hall–Kier alpha value is -0.580. The first-order chi connectivity index (χ1) is 14.9. The van der Waals surface area contributed by atoms with Crippen LogP contribution in [-0.4, -0.2) is 27.7 Å². The molecule has 31 heavy (non-hydrogen) atoms. The molecule has 3 nitrogen and oxygen atoms in total. The SMILES string of the molecule is CCCCCC1(CCC2[C@@H](CCCc3ccc(C(=O)O)s3)C(Cl)C[C@H]2O)CCCCC1. The van der Waals surface area contributed by atoms with Crippen LogP contribution in [0.1, 0.15) is 111 Å². The van der Waals surface area contributed by atoms with E-state index in [9.17, 15) is 9.90 Å². The van der Waals surface area contributed by atoms with Crippen LogP contribution < -0.4 is 0 Å². The standard InChI is InChI=1S/C26H41ClO3S/c1-2-3-5-14-26(15-6-4-7-16-26)17-13-21-20(22(27)18-23(21)28)10-8-9-19-11-12-24(31-19)25(29)30/h11-12,20-23,28H,2-10,13-18H2,1H3,(H,29,30)/t20-,21?,22?,23-/m1/s1. The van der Waals surface area contributed by atoms with Crippen molar-refractivity contribution in [3.63, 3.8) is 0 Å². The lowest BCUT2D eigenvalue weighted by molar-refractivity contribution is 0.0702. The van der Waals surface area contributed by atoms with E-state index in [4.69, 9.17) is 16.7 Å². The number of aliphatic hydroxyl groups is 1. The van der Waals surface area contributed by atoms with Crippen LogP contribution in [0.3, 0.4) is 0 Å². The average molecular weight is 469 g/mol. The molecule has 2 aliphatic rings. The van der Waals surface area contributed by atoms with Gasteiger partial charge in [-0.15, -0.1) is 22.9 Å². The lowest BCUT2D eigenvalue weighted by atomic mass is 9.66. The van der Waals surface area contributed by atoms with Crippen LogP contribution in [0, 0.1) is 17.3 Å². The van der Waals surface area contributed by atoms with Gasteiger partial charge in [-0.25, -0.2) is 4.79 Å². The molecule has 0 amide bonds. The van der Waals surface area contributed by atoms with Gasteiger partial charge >= 0.3 is 5.97 Å². The number of carbonyl (C=O) groups is 1. The van der Waals surface area contributed by atoms with Gasteiger partial charge in [0.1, 0.15) is 4.88 Å². The van der Waals surface area contributed by atoms with E-state index in [1.807, 2.05) is 6.07 Å². The van der Waals surface area contributed by atoms with E-state index in [2.05, 4.69) is 6.92 Å². The summed E-state index contributed by atoms with van der Waals surface area (Å²) in [5.74, 6) is -0.135. The minimum absolute atomic E-state index is 0.0697. The number of aromatic carboxylic acids is 1. The van der Waals surface area contributed by atoms with E-state index < -0.39 is 5.97 Å². The van der Waals surface area contributed by atoms with Gasteiger partial charge in [-0.2, -0.15) is 0 Å². The van der Waals surface area contributed by atoms with Crippen molar-refractivity contribution in [2.24, 2.45) is 17.3 Å². The molecule has 1 aromatic heterocycles. The number of halogens is 1. The molecule has 4 atom stereocenters. The molecule has 5 heteroatoms. The molecule has 3 rings (SSSR count). The van der Waals surface area contributed by atoms with Crippen molar-refractivity contribution < 1.29 is 15.0 Å². The van der Waals surface area contributed by atoms with Crippen LogP contribution in [0.15, 0.2) is 12.1 Å². The van der Waals surface area contributed by atoms with Gasteiger partial charge in [0.2, 0.25) is 0 Å². The van der Waals surface area contributed by atoms with Gasteiger partial charge in [-0.1, -0.05) is 45.4 Å². The largest absolute Gasteiger partial charge is 0.477 e. The van der Waals surface area contributed by atoms with Crippen LogP contribution in [0.2, 0.25) is 0 Å². The molecular formula is C26H41ClO3S. The maximum atomic E-state index is 11.1. The van der Waals surface area contributed by atoms with E-state index >= 15 is 0 Å². The lowest BCUT2D eigenvalue weighted by Gasteiger charge is -2.39. The second kappa shape index (κ2) is 12.0. The number of aryl methyl sites for hydroxylation is 1. The zero-order chi connectivity index (χ0) is 22.3. The second-order valence-corrected chi connectivity index (χ2v) is 11.9. The Balaban J connectivity index is 1.54. The summed E-state index contributed by atoms with van der Waals surface area (Å²) in [7, 11) is 0. The highest BCUT2D eigenvalue weighted by Gasteiger charge is 2.42. The van der Waals surface area contributed by atoms with Crippen LogP contribution >= 0.6 is 22.9 Å². The Morgan fingerprint density at radius 1 is 1.10 bits per heavy atom. The molecule has 1 heterocycles.